The van der Waals surface area contributed by atoms with Gasteiger partial charge in [0.1, 0.15) is 6.04 Å². The monoisotopic (exact) mass is 290 g/mol. The third-order valence-corrected chi connectivity index (χ3v) is 3.70. The Labute approximate surface area is 118 Å². The first-order chi connectivity index (χ1) is 8.22. The van der Waals surface area contributed by atoms with E-state index in [0.717, 1.165) is 12.8 Å². The average Bonchev–Trinajstić information content (AvgIpc) is 3.03. The Morgan fingerprint density at radius 1 is 1.67 bits per heavy atom. The topological polar surface area (TPSA) is 55.6 Å². The number of nitrogens with zero attached hydrogens (tertiary/aromatic N) is 1. The van der Waals surface area contributed by atoms with Crippen LogP contribution in [0.4, 0.5) is 0 Å². The van der Waals surface area contributed by atoms with Crippen molar-refractivity contribution >= 4 is 29.7 Å². The summed E-state index contributed by atoms with van der Waals surface area (Å²) in [7, 11) is 1.56. The van der Waals surface area contributed by atoms with Crippen molar-refractivity contribution in [2.24, 2.45) is 5.73 Å². The second-order valence-corrected chi connectivity index (χ2v) is 5.37. The Morgan fingerprint density at radius 2 is 2.39 bits per heavy atom. The van der Waals surface area contributed by atoms with Crippen molar-refractivity contribution < 1.29 is 9.53 Å². The Hall–Kier alpha value is -0.620. The number of nitrogens with two attached hydrogens (primary N) is 1. The predicted molar refractivity (Wildman–Crippen MR) is 75.0 cm³/mol. The van der Waals surface area contributed by atoms with Crippen molar-refractivity contribution in [2.45, 2.75) is 31.5 Å². The predicted octanol–water partition coefficient (Wildman–Crippen LogP) is 1.63. The number of thiophene rings is 1. The summed E-state index contributed by atoms with van der Waals surface area (Å²) in [6.45, 7) is 0.963. The Bertz CT molecular complexity index is 368. The van der Waals surface area contributed by atoms with Crippen LogP contribution in [0, 0.1) is 0 Å². The normalized spacial score (nSPS) is 15.9. The van der Waals surface area contributed by atoms with Crippen LogP contribution in [0.2, 0.25) is 0 Å². The van der Waals surface area contributed by atoms with E-state index in [1.807, 2.05) is 16.3 Å². The van der Waals surface area contributed by atoms with Gasteiger partial charge < -0.3 is 15.4 Å². The summed E-state index contributed by atoms with van der Waals surface area (Å²) >= 11 is 1.67. The van der Waals surface area contributed by atoms with Gasteiger partial charge in [0.2, 0.25) is 5.91 Å². The molecule has 0 aromatic carbocycles. The quantitative estimate of drug-likeness (QED) is 0.866. The summed E-state index contributed by atoms with van der Waals surface area (Å²) in [5, 5.41) is 2.03. The average molecular weight is 291 g/mol. The highest BCUT2D eigenvalue weighted by molar-refractivity contribution is 7.09. The van der Waals surface area contributed by atoms with Crippen molar-refractivity contribution in [1.82, 2.24) is 4.90 Å². The molecule has 0 radical (unpaired) electrons. The number of rotatable bonds is 6. The fraction of sp³-hybridized carbons (Fsp3) is 0.583. The summed E-state index contributed by atoms with van der Waals surface area (Å²) in [6, 6.07) is 3.90. The lowest BCUT2D eigenvalue weighted by atomic mass is 10.2. The van der Waals surface area contributed by atoms with Gasteiger partial charge >= 0.3 is 0 Å². The lowest BCUT2D eigenvalue weighted by molar-refractivity contribution is -0.134. The molecule has 1 fully saturated rings. The van der Waals surface area contributed by atoms with Crippen molar-refractivity contribution in [2.75, 3.05) is 13.7 Å². The van der Waals surface area contributed by atoms with Crippen molar-refractivity contribution in [1.29, 1.82) is 0 Å². The fourth-order valence-electron chi connectivity index (χ4n) is 1.81. The van der Waals surface area contributed by atoms with Crippen molar-refractivity contribution in [3.05, 3.63) is 22.4 Å². The van der Waals surface area contributed by atoms with Gasteiger partial charge in [-0.15, -0.1) is 23.7 Å². The number of carbonyl (C=O) groups excluding carboxylic acids is 1. The lowest BCUT2D eigenvalue weighted by Gasteiger charge is -2.24. The van der Waals surface area contributed by atoms with Gasteiger partial charge in [0.05, 0.1) is 13.2 Å². The Morgan fingerprint density at radius 3 is 2.89 bits per heavy atom. The van der Waals surface area contributed by atoms with E-state index in [9.17, 15) is 4.79 Å². The van der Waals surface area contributed by atoms with Crippen LogP contribution in [-0.4, -0.2) is 36.6 Å². The van der Waals surface area contributed by atoms with Crippen molar-refractivity contribution in [3.63, 3.8) is 0 Å². The SMILES string of the molecule is COCC(N)C(=O)N(Cc1cccs1)C1CC1.Cl. The number of ether oxygens (including phenoxy) is 1. The van der Waals surface area contributed by atoms with E-state index < -0.39 is 6.04 Å². The van der Waals surface area contributed by atoms with E-state index in [2.05, 4.69) is 6.07 Å². The highest BCUT2D eigenvalue weighted by Crippen LogP contribution is 2.29. The molecular formula is C12H19ClN2O2S. The minimum atomic E-state index is -0.541. The number of halogens is 1. The molecule has 1 saturated carbocycles. The molecule has 1 amide bonds. The minimum Gasteiger partial charge on any atom is -0.383 e. The van der Waals surface area contributed by atoms with Gasteiger partial charge in [0, 0.05) is 18.0 Å². The molecule has 6 heteroatoms. The van der Waals surface area contributed by atoms with Gasteiger partial charge in [0.25, 0.3) is 0 Å². The van der Waals surface area contributed by atoms with Crippen LogP contribution in [0.1, 0.15) is 17.7 Å². The molecule has 1 aromatic heterocycles. The number of hydrogen-bond donors (Lipinski definition) is 1. The minimum absolute atomic E-state index is 0. The number of methoxy groups -OCH3 is 1. The first-order valence-corrected chi connectivity index (χ1v) is 6.67. The molecule has 0 spiro atoms. The summed E-state index contributed by atoms with van der Waals surface area (Å²) in [5.74, 6) is 0.00255. The molecule has 102 valence electrons. The maximum absolute atomic E-state index is 12.2. The van der Waals surface area contributed by atoms with Gasteiger partial charge in [-0.1, -0.05) is 6.07 Å². The maximum Gasteiger partial charge on any atom is 0.242 e. The number of hydrogen-bond acceptors (Lipinski definition) is 4. The largest absolute Gasteiger partial charge is 0.383 e. The number of amides is 1. The molecule has 4 nitrogen and oxygen atoms in total. The molecule has 0 saturated heterocycles. The van der Waals surface area contributed by atoms with Crippen LogP contribution >= 0.6 is 23.7 Å². The van der Waals surface area contributed by atoms with Gasteiger partial charge in [-0.05, 0) is 24.3 Å². The van der Waals surface area contributed by atoms with Gasteiger partial charge in [-0.25, -0.2) is 0 Å². The molecule has 1 aliphatic carbocycles. The second kappa shape index (κ2) is 7.09. The molecule has 1 heterocycles. The summed E-state index contributed by atoms with van der Waals surface area (Å²) in [6.07, 6.45) is 2.19. The van der Waals surface area contributed by atoms with Crippen LogP contribution in [0.5, 0.6) is 0 Å². The van der Waals surface area contributed by atoms with E-state index >= 15 is 0 Å². The van der Waals surface area contributed by atoms with Crippen LogP contribution in [0.3, 0.4) is 0 Å². The first-order valence-electron chi connectivity index (χ1n) is 5.79. The van der Waals surface area contributed by atoms with Crippen LogP contribution in [-0.2, 0) is 16.1 Å². The molecule has 2 rings (SSSR count). The fourth-order valence-corrected chi connectivity index (χ4v) is 2.51. The van der Waals surface area contributed by atoms with Crippen molar-refractivity contribution in [3.8, 4) is 0 Å². The lowest BCUT2D eigenvalue weighted by Crippen LogP contribution is -2.46. The van der Waals surface area contributed by atoms with Crippen LogP contribution in [0.25, 0.3) is 0 Å². The van der Waals surface area contributed by atoms with Crippen LogP contribution in [0.15, 0.2) is 17.5 Å². The summed E-state index contributed by atoms with van der Waals surface area (Å²) < 4.78 is 4.94. The zero-order valence-electron chi connectivity index (χ0n) is 10.4. The van der Waals surface area contributed by atoms with Gasteiger partial charge in [-0.3, -0.25) is 4.79 Å². The number of carbonyl (C=O) groups is 1. The molecule has 18 heavy (non-hydrogen) atoms. The Balaban J connectivity index is 0.00000162. The second-order valence-electron chi connectivity index (χ2n) is 4.34. The van der Waals surface area contributed by atoms with Gasteiger partial charge in [0.15, 0.2) is 0 Å². The third kappa shape index (κ3) is 3.95. The molecule has 2 N–H and O–H groups in total. The molecule has 0 aliphatic heterocycles. The smallest absolute Gasteiger partial charge is 0.242 e. The molecule has 1 aliphatic rings. The summed E-state index contributed by atoms with van der Waals surface area (Å²) in [5.41, 5.74) is 5.81. The molecule has 0 bridgehead atoms. The standard InChI is InChI=1S/C12H18N2O2S.ClH/c1-16-8-11(13)12(15)14(9-4-5-9)7-10-3-2-6-17-10;/h2-3,6,9,11H,4-5,7-8,13H2,1H3;1H. The van der Waals surface area contributed by atoms with Crippen LogP contribution < -0.4 is 5.73 Å². The zero-order chi connectivity index (χ0) is 12.3. The highest BCUT2D eigenvalue weighted by Gasteiger charge is 2.34. The molecular weight excluding hydrogens is 272 g/mol. The highest BCUT2D eigenvalue weighted by atomic mass is 35.5. The molecule has 1 aromatic rings. The van der Waals surface area contributed by atoms with Gasteiger partial charge in [-0.2, -0.15) is 0 Å². The molecule has 1 atom stereocenters. The summed E-state index contributed by atoms with van der Waals surface area (Å²) in [4.78, 5) is 15.3. The van der Waals surface area contributed by atoms with E-state index in [4.69, 9.17) is 10.5 Å². The maximum atomic E-state index is 12.2. The Kier molecular flexibility index (Phi) is 6.08. The van der Waals surface area contributed by atoms with E-state index in [1.165, 1.54) is 4.88 Å². The van der Waals surface area contributed by atoms with E-state index in [0.29, 0.717) is 12.6 Å². The first kappa shape index (κ1) is 15.4. The zero-order valence-corrected chi connectivity index (χ0v) is 12.0. The third-order valence-electron chi connectivity index (χ3n) is 2.84. The van der Waals surface area contributed by atoms with E-state index in [1.54, 1.807) is 18.4 Å². The van der Waals surface area contributed by atoms with E-state index in [-0.39, 0.29) is 24.9 Å². The molecule has 1 unspecified atom stereocenters.